The highest BCUT2D eigenvalue weighted by Crippen LogP contribution is 2.19. The third-order valence-corrected chi connectivity index (χ3v) is 3.26. The molecule has 0 bridgehead atoms. The first-order chi connectivity index (χ1) is 8.19. The molecule has 3 N–H and O–H groups in total. The van der Waals surface area contributed by atoms with Crippen molar-refractivity contribution >= 4 is 11.4 Å². The fourth-order valence-corrected chi connectivity index (χ4v) is 2.23. The van der Waals surface area contributed by atoms with Crippen LogP contribution in [0.1, 0.15) is 12.0 Å². The molecule has 4 heteroatoms. The molecule has 1 aromatic rings. The predicted molar refractivity (Wildman–Crippen MR) is 69.7 cm³/mol. The molecule has 0 spiro atoms. The number of nitrogens with zero attached hydrogens (tertiary/aromatic N) is 2. The lowest BCUT2D eigenvalue weighted by Crippen LogP contribution is -2.19. The second-order valence-electron chi connectivity index (χ2n) is 4.71. The van der Waals surface area contributed by atoms with E-state index in [1.807, 2.05) is 12.1 Å². The zero-order valence-corrected chi connectivity index (χ0v) is 10.1. The van der Waals surface area contributed by atoms with E-state index in [1.165, 1.54) is 13.0 Å². The van der Waals surface area contributed by atoms with Crippen molar-refractivity contribution in [3.8, 4) is 6.07 Å². The molecule has 1 atom stereocenters. The number of rotatable bonds is 3. The van der Waals surface area contributed by atoms with Crippen molar-refractivity contribution in [3.63, 3.8) is 0 Å². The van der Waals surface area contributed by atoms with Crippen molar-refractivity contribution in [2.24, 2.45) is 5.92 Å². The van der Waals surface area contributed by atoms with Crippen LogP contribution in [0.15, 0.2) is 18.2 Å². The minimum atomic E-state index is 0.538. The Morgan fingerprint density at radius 2 is 2.41 bits per heavy atom. The lowest BCUT2D eigenvalue weighted by atomic mass is 10.1. The van der Waals surface area contributed by atoms with E-state index in [4.69, 9.17) is 11.0 Å². The average Bonchev–Trinajstić information content (AvgIpc) is 2.73. The summed E-state index contributed by atoms with van der Waals surface area (Å²) in [5, 5.41) is 12.2. The maximum absolute atomic E-state index is 8.79. The Kier molecular flexibility index (Phi) is 3.50. The van der Waals surface area contributed by atoms with E-state index in [-0.39, 0.29) is 0 Å². The van der Waals surface area contributed by atoms with Gasteiger partial charge >= 0.3 is 0 Å². The Hall–Kier alpha value is -1.73. The fraction of sp³-hybridized carbons (Fsp3) is 0.462. The maximum atomic E-state index is 8.79. The molecule has 1 aromatic carbocycles. The van der Waals surface area contributed by atoms with Gasteiger partial charge in [0.15, 0.2) is 0 Å². The number of nitrogens with one attached hydrogen (secondary N) is 1. The summed E-state index contributed by atoms with van der Waals surface area (Å²) in [7, 11) is 2.15. The number of anilines is 2. The highest BCUT2D eigenvalue weighted by molar-refractivity contribution is 5.62. The number of nitrogens with two attached hydrogens (primary N) is 1. The second kappa shape index (κ2) is 5.07. The number of benzene rings is 1. The van der Waals surface area contributed by atoms with Gasteiger partial charge in [0.25, 0.3) is 0 Å². The SMILES string of the molecule is CN1CCC(CNc2ccc(C#N)c(N)c2)C1. The topological polar surface area (TPSA) is 65.1 Å². The summed E-state index contributed by atoms with van der Waals surface area (Å²) in [4.78, 5) is 2.35. The number of hydrogen-bond donors (Lipinski definition) is 2. The molecule has 1 aliphatic heterocycles. The Morgan fingerprint density at radius 1 is 1.59 bits per heavy atom. The summed E-state index contributed by atoms with van der Waals surface area (Å²) in [6, 6.07) is 7.57. The predicted octanol–water partition coefficient (Wildman–Crippen LogP) is 1.50. The molecule has 1 fully saturated rings. The highest BCUT2D eigenvalue weighted by Gasteiger charge is 2.18. The van der Waals surface area contributed by atoms with E-state index in [9.17, 15) is 0 Å². The van der Waals surface area contributed by atoms with Crippen LogP contribution in [-0.2, 0) is 0 Å². The van der Waals surface area contributed by atoms with E-state index in [2.05, 4.69) is 23.3 Å². The molecule has 0 aromatic heterocycles. The van der Waals surface area contributed by atoms with E-state index < -0.39 is 0 Å². The van der Waals surface area contributed by atoms with Gasteiger partial charge in [-0.25, -0.2) is 0 Å². The summed E-state index contributed by atoms with van der Waals surface area (Å²) < 4.78 is 0. The molecule has 0 saturated carbocycles. The zero-order chi connectivity index (χ0) is 12.3. The molecular formula is C13H18N4. The molecule has 4 nitrogen and oxygen atoms in total. The van der Waals surface area contributed by atoms with Crippen LogP contribution in [0.25, 0.3) is 0 Å². The Balaban J connectivity index is 1.91. The van der Waals surface area contributed by atoms with Crippen LogP contribution in [0, 0.1) is 17.2 Å². The van der Waals surface area contributed by atoms with Crippen LogP contribution < -0.4 is 11.1 Å². The summed E-state index contributed by atoms with van der Waals surface area (Å²) in [6.07, 6.45) is 1.25. The van der Waals surface area contributed by atoms with Gasteiger partial charge in [-0.1, -0.05) is 0 Å². The van der Waals surface area contributed by atoms with E-state index in [0.717, 1.165) is 18.8 Å². The lowest BCUT2D eigenvalue weighted by molar-refractivity contribution is 0.399. The summed E-state index contributed by atoms with van der Waals surface area (Å²) in [6.45, 7) is 3.30. The minimum absolute atomic E-state index is 0.538. The molecule has 1 unspecified atom stereocenters. The van der Waals surface area contributed by atoms with Crippen LogP contribution in [0.3, 0.4) is 0 Å². The molecule has 2 rings (SSSR count). The quantitative estimate of drug-likeness (QED) is 0.772. The van der Waals surface area contributed by atoms with Gasteiger partial charge in [-0.2, -0.15) is 5.26 Å². The Bertz CT molecular complexity index is 436. The summed E-state index contributed by atoms with van der Waals surface area (Å²) in [5.74, 6) is 0.705. The first-order valence-corrected chi connectivity index (χ1v) is 5.91. The van der Waals surface area contributed by atoms with Gasteiger partial charge in [-0.15, -0.1) is 0 Å². The van der Waals surface area contributed by atoms with Crippen molar-refractivity contribution in [3.05, 3.63) is 23.8 Å². The third-order valence-electron chi connectivity index (χ3n) is 3.26. The number of hydrogen-bond acceptors (Lipinski definition) is 4. The normalized spacial score (nSPS) is 20.1. The molecule has 90 valence electrons. The van der Waals surface area contributed by atoms with Gasteiger partial charge < -0.3 is 16.0 Å². The first kappa shape index (κ1) is 11.7. The maximum Gasteiger partial charge on any atom is 0.101 e. The minimum Gasteiger partial charge on any atom is -0.398 e. The molecule has 0 aliphatic carbocycles. The van der Waals surface area contributed by atoms with E-state index >= 15 is 0 Å². The fourth-order valence-electron chi connectivity index (χ4n) is 2.23. The van der Waals surface area contributed by atoms with Gasteiger partial charge in [-0.3, -0.25) is 0 Å². The molecule has 1 aliphatic rings. The van der Waals surface area contributed by atoms with Gasteiger partial charge in [0.2, 0.25) is 0 Å². The van der Waals surface area contributed by atoms with Crippen LogP contribution in [0.4, 0.5) is 11.4 Å². The first-order valence-electron chi connectivity index (χ1n) is 5.91. The molecule has 1 saturated heterocycles. The van der Waals surface area contributed by atoms with Crippen LogP contribution in [0.5, 0.6) is 0 Å². The number of nitriles is 1. The standard InChI is InChI=1S/C13H18N4/c1-17-5-4-10(9-17)8-16-12-3-2-11(7-14)13(15)6-12/h2-3,6,10,16H,4-5,8-9,15H2,1H3. The van der Waals surface area contributed by atoms with Gasteiger partial charge in [-0.05, 0) is 44.1 Å². The highest BCUT2D eigenvalue weighted by atomic mass is 15.1. The molecule has 17 heavy (non-hydrogen) atoms. The van der Waals surface area contributed by atoms with Crippen molar-refractivity contribution in [2.45, 2.75) is 6.42 Å². The smallest absolute Gasteiger partial charge is 0.101 e. The van der Waals surface area contributed by atoms with Crippen molar-refractivity contribution in [2.75, 3.05) is 37.7 Å². The van der Waals surface area contributed by atoms with Crippen LogP contribution >= 0.6 is 0 Å². The number of nitrogen functional groups attached to an aromatic ring is 1. The molecular weight excluding hydrogens is 212 g/mol. The average molecular weight is 230 g/mol. The Labute approximate surface area is 102 Å². The summed E-state index contributed by atoms with van der Waals surface area (Å²) >= 11 is 0. The zero-order valence-electron chi connectivity index (χ0n) is 10.1. The third kappa shape index (κ3) is 2.89. The largest absolute Gasteiger partial charge is 0.398 e. The van der Waals surface area contributed by atoms with Crippen LogP contribution in [0.2, 0.25) is 0 Å². The molecule has 0 amide bonds. The second-order valence-corrected chi connectivity index (χ2v) is 4.71. The number of likely N-dealkylation sites (tertiary alicyclic amines) is 1. The van der Waals surface area contributed by atoms with Gasteiger partial charge in [0, 0.05) is 18.8 Å². The summed E-state index contributed by atoms with van der Waals surface area (Å²) in [5.41, 5.74) is 7.84. The monoisotopic (exact) mass is 230 g/mol. The Morgan fingerprint density at radius 3 is 3.00 bits per heavy atom. The van der Waals surface area contributed by atoms with E-state index in [0.29, 0.717) is 17.2 Å². The molecule has 0 radical (unpaired) electrons. The van der Waals surface area contributed by atoms with Crippen molar-refractivity contribution in [1.29, 1.82) is 5.26 Å². The van der Waals surface area contributed by atoms with Gasteiger partial charge in [0.1, 0.15) is 6.07 Å². The van der Waals surface area contributed by atoms with E-state index in [1.54, 1.807) is 6.07 Å². The van der Waals surface area contributed by atoms with Crippen molar-refractivity contribution < 1.29 is 0 Å². The van der Waals surface area contributed by atoms with Crippen molar-refractivity contribution in [1.82, 2.24) is 4.90 Å². The van der Waals surface area contributed by atoms with Gasteiger partial charge in [0.05, 0.1) is 11.3 Å². The molecule has 1 heterocycles. The lowest BCUT2D eigenvalue weighted by Gasteiger charge is -2.13. The van der Waals surface area contributed by atoms with Crippen LogP contribution in [-0.4, -0.2) is 31.6 Å².